The monoisotopic (exact) mass is 523 g/mol. The number of ether oxygens (including phenoxy) is 5. The SMILES string of the molecule is CCOC(=O)C1CCN(CC(=O)N2N=C(c3ccc(OC)cc3OC)CC2c2ccc3c(c2)OCO3)CC1. The van der Waals surface area contributed by atoms with Gasteiger partial charge in [-0.05, 0) is 62.7 Å². The molecule has 38 heavy (non-hydrogen) atoms. The van der Waals surface area contributed by atoms with E-state index < -0.39 is 0 Å². The third-order valence-corrected chi connectivity index (χ3v) is 7.23. The normalized spacial score (nSPS) is 19.3. The van der Waals surface area contributed by atoms with Crippen molar-refractivity contribution >= 4 is 17.6 Å². The Morgan fingerprint density at radius 1 is 1.03 bits per heavy atom. The molecule has 1 unspecified atom stereocenters. The number of methoxy groups -OCH3 is 2. The van der Waals surface area contributed by atoms with E-state index in [0.29, 0.717) is 62.0 Å². The molecular weight excluding hydrogens is 490 g/mol. The van der Waals surface area contributed by atoms with E-state index in [1.807, 2.05) is 43.3 Å². The van der Waals surface area contributed by atoms with Crippen molar-refractivity contribution in [1.29, 1.82) is 0 Å². The van der Waals surface area contributed by atoms with Crippen LogP contribution in [0.3, 0.4) is 0 Å². The average Bonchev–Trinajstić information content (AvgIpc) is 3.60. The van der Waals surface area contributed by atoms with Crippen molar-refractivity contribution < 1.29 is 33.3 Å². The first-order chi connectivity index (χ1) is 18.5. The molecule has 0 aromatic heterocycles. The average molecular weight is 524 g/mol. The maximum atomic E-state index is 13.7. The number of rotatable bonds is 8. The number of carbonyl (C=O) groups excluding carboxylic acids is 2. The summed E-state index contributed by atoms with van der Waals surface area (Å²) in [5.74, 6) is 2.28. The van der Waals surface area contributed by atoms with Crippen LogP contribution in [-0.4, -0.2) is 74.8 Å². The summed E-state index contributed by atoms with van der Waals surface area (Å²) in [4.78, 5) is 27.8. The van der Waals surface area contributed by atoms with Gasteiger partial charge < -0.3 is 23.7 Å². The number of hydrazone groups is 1. The van der Waals surface area contributed by atoms with Gasteiger partial charge in [-0.1, -0.05) is 6.07 Å². The standard InChI is InChI=1S/C28H33N3O7/c1-4-36-28(33)18-9-11-30(12-10-18)16-27(32)31-23(19-5-8-24-26(13-19)38-17-37-24)15-22(29-31)21-7-6-20(34-2)14-25(21)35-3/h5-8,13-14,18,23H,4,9-12,15-17H2,1-3H3. The van der Waals surface area contributed by atoms with Gasteiger partial charge in [-0.25, -0.2) is 5.01 Å². The summed E-state index contributed by atoms with van der Waals surface area (Å²) < 4.78 is 27.2. The molecule has 10 heteroatoms. The van der Waals surface area contributed by atoms with E-state index in [2.05, 4.69) is 4.90 Å². The van der Waals surface area contributed by atoms with Crippen LogP contribution in [0, 0.1) is 5.92 Å². The summed E-state index contributed by atoms with van der Waals surface area (Å²) in [6, 6.07) is 11.0. The first-order valence-corrected chi connectivity index (χ1v) is 12.9. The van der Waals surface area contributed by atoms with Crippen LogP contribution < -0.4 is 18.9 Å². The second kappa shape index (κ2) is 11.3. The van der Waals surface area contributed by atoms with E-state index in [-0.39, 0.29) is 37.2 Å². The van der Waals surface area contributed by atoms with Crippen molar-refractivity contribution in [1.82, 2.24) is 9.91 Å². The number of carbonyl (C=O) groups is 2. The van der Waals surface area contributed by atoms with Gasteiger partial charge in [0.15, 0.2) is 11.5 Å². The summed E-state index contributed by atoms with van der Waals surface area (Å²) in [7, 11) is 3.21. The number of likely N-dealkylation sites (tertiary alicyclic amines) is 1. The smallest absolute Gasteiger partial charge is 0.309 e. The fraction of sp³-hybridized carbons (Fsp3) is 0.464. The van der Waals surface area contributed by atoms with Crippen LogP contribution in [0.2, 0.25) is 0 Å². The quantitative estimate of drug-likeness (QED) is 0.486. The number of amides is 1. The molecule has 1 amide bonds. The lowest BCUT2D eigenvalue weighted by atomic mass is 9.96. The van der Waals surface area contributed by atoms with Crippen molar-refractivity contribution in [3.05, 3.63) is 47.5 Å². The molecule has 10 nitrogen and oxygen atoms in total. The minimum Gasteiger partial charge on any atom is -0.497 e. The Morgan fingerprint density at radius 2 is 1.82 bits per heavy atom. The zero-order valence-corrected chi connectivity index (χ0v) is 22.0. The Labute approximate surface area is 222 Å². The van der Waals surface area contributed by atoms with E-state index >= 15 is 0 Å². The Morgan fingerprint density at radius 3 is 2.55 bits per heavy atom. The highest BCUT2D eigenvalue weighted by Crippen LogP contribution is 2.40. The second-order valence-electron chi connectivity index (χ2n) is 9.49. The first kappa shape index (κ1) is 25.8. The van der Waals surface area contributed by atoms with E-state index in [1.54, 1.807) is 19.2 Å². The summed E-state index contributed by atoms with van der Waals surface area (Å²) in [6.45, 7) is 3.90. The number of esters is 1. The van der Waals surface area contributed by atoms with Crippen LogP contribution in [-0.2, 0) is 14.3 Å². The molecule has 0 bridgehead atoms. The number of nitrogens with zero attached hydrogens (tertiary/aromatic N) is 3. The fourth-order valence-electron chi connectivity index (χ4n) is 5.17. The summed E-state index contributed by atoms with van der Waals surface area (Å²) in [5, 5.41) is 6.39. The predicted molar refractivity (Wildman–Crippen MR) is 139 cm³/mol. The molecule has 3 heterocycles. The highest BCUT2D eigenvalue weighted by Gasteiger charge is 2.36. The Hall–Kier alpha value is -3.79. The molecule has 1 fully saturated rings. The molecule has 0 radical (unpaired) electrons. The molecule has 1 saturated heterocycles. The Kier molecular flexibility index (Phi) is 7.69. The van der Waals surface area contributed by atoms with Crippen LogP contribution in [0.5, 0.6) is 23.0 Å². The molecule has 202 valence electrons. The number of hydrogen-bond donors (Lipinski definition) is 0. The fourth-order valence-corrected chi connectivity index (χ4v) is 5.17. The van der Waals surface area contributed by atoms with Crippen LogP contribution in [0.4, 0.5) is 0 Å². The molecule has 0 aliphatic carbocycles. The van der Waals surface area contributed by atoms with Crippen LogP contribution in [0.25, 0.3) is 0 Å². The van der Waals surface area contributed by atoms with E-state index in [1.165, 1.54) is 0 Å². The number of benzene rings is 2. The van der Waals surface area contributed by atoms with Crippen molar-refractivity contribution in [3.8, 4) is 23.0 Å². The van der Waals surface area contributed by atoms with Gasteiger partial charge in [0.1, 0.15) is 11.5 Å². The van der Waals surface area contributed by atoms with Gasteiger partial charge in [0.25, 0.3) is 5.91 Å². The molecule has 0 spiro atoms. The highest BCUT2D eigenvalue weighted by atomic mass is 16.7. The summed E-state index contributed by atoms with van der Waals surface area (Å²) in [6.07, 6.45) is 1.86. The lowest BCUT2D eigenvalue weighted by molar-refractivity contribution is -0.149. The maximum absolute atomic E-state index is 13.7. The topological polar surface area (TPSA) is 99.1 Å². The molecule has 2 aromatic rings. The van der Waals surface area contributed by atoms with Gasteiger partial charge in [-0.15, -0.1) is 0 Å². The molecule has 5 rings (SSSR count). The zero-order valence-electron chi connectivity index (χ0n) is 22.0. The van der Waals surface area contributed by atoms with Gasteiger partial charge in [-0.3, -0.25) is 14.5 Å². The molecule has 1 atom stereocenters. The van der Waals surface area contributed by atoms with Crippen molar-refractivity contribution in [2.24, 2.45) is 11.0 Å². The van der Waals surface area contributed by atoms with Crippen LogP contribution >= 0.6 is 0 Å². The van der Waals surface area contributed by atoms with Crippen LogP contribution in [0.15, 0.2) is 41.5 Å². The lowest BCUT2D eigenvalue weighted by Gasteiger charge is -2.32. The van der Waals surface area contributed by atoms with Gasteiger partial charge in [0.2, 0.25) is 6.79 Å². The first-order valence-electron chi connectivity index (χ1n) is 12.9. The molecule has 0 N–H and O–H groups in total. The second-order valence-corrected chi connectivity index (χ2v) is 9.49. The largest absolute Gasteiger partial charge is 0.497 e. The van der Waals surface area contributed by atoms with E-state index in [9.17, 15) is 9.59 Å². The summed E-state index contributed by atoms with van der Waals surface area (Å²) in [5.41, 5.74) is 2.47. The lowest BCUT2D eigenvalue weighted by Crippen LogP contribution is -2.43. The Bertz CT molecular complexity index is 1220. The number of piperidine rings is 1. The minimum absolute atomic E-state index is 0.107. The molecule has 3 aliphatic rings. The number of fused-ring (bicyclic) bond motifs is 1. The third-order valence-electron chi connectivity index (χ3n) is 7.23. The van der Waals surface area contributed by atoms with Crippen molar-refractivity contribution in [2.45, 2.75) is 32.2 Å². The van der Waals surface area contributed by atoms with Crippen molar-refractivity contribution in [3.63, 3.8) is 0 Å². The Balaban J connectivity index is 1.37. The number of hydrogen-bond acceptors (Lipinski definition) is 9. The minimum atomic E-state index is -0.309. The van der Waals surface area contributed by atoms with Gasteiger partial charge >= 0.3 is 5.97 Å². The molecule has 0 saturated carbocycles. The van der Waals surface area contributed by atoms with Crippen LogP contribution in [0.1, 0.15) is 43.4 Å². The zero-order chi connectivity index (χ0) is 26.6. The van der Waals surface area contributed by atoms with E-state index in [0.717, 1.165) is 16.8 Å². The summed E-state index contributed by atoms with van der Waals surface area (Å²) >= 11 is 0. The maximum Gasteiger partial charge on any atom is 0.309 e. The molecule has 3 aliphatic heterocycles. The van der Waals surface area contributed by atoms with Gasteiger partial charge in [-0.2, -0.15) is 5.10 Å². The molecular formula is C28H33N3O7. The van der Waals surface area contributed by atoms with Crippen molar-refractivity contribution in [2.75, 3.05) is 47.3 Å². The highest BCUT2D eigenvalue weighted by molar-refractivity contribution is 6.05. The molecule has 2 aromatic carbocycles. The van der Waals surface area contributed by atoms with E-state index in [4.69, 9.17) is 28.8 Å². The van der Waals surface area contributed by atoms with Gasteiger partial charge in [0.05, 0.1) is 45.0 Å². The van der Waals surface area contributed by atoms with Gasteiger partial charge in [0, 0.05) is 18.1 Å². The predicted octanol–water partition coefficient (Wildman–Crippen LogP) is 3.39. The third kappa shape index (κ3) is 5.26.